The van der Waals surface area contributed by atoms with Crippen molar-refractivity contribution in [3.63, 3.8) is 0 Å². The molecule has 0 bridgehead atoms. The molecule has 0 spiro atoms. The number of esters is 1. The molecule has 1 aliphatic heterocycles. The number of anilines is 1. The number of carbonyl (C=O) groups excluding carboxylic acids is 2. The predicted octanol–water partition coefficient (Wildman–Crippen LogP) is 3.59. The molecule has 1 fully saturated rings. The molecule has 0 aromatic heterocycles. The van der Waals surface area contributed by atoms with E-state index < -0.39 is 28.0 Å². The third-order valence-electron chi connectivity index (χ3n) is 5.55. The van der Waals surface area contributed by atoms with Gasteiger partial charge in [-0.3, -0.25) is 9.59 Å². The van der Waals surface area contributed by atoms with Crippen LogP contribution in [0, 0.1) is 13.8 Å². The molecule has 0 saturated carbocycles. The number of aryl methyl sites for hydroxylation is 2. The first-order chi connectivity index (χ1) is 15.2. The standard InChI is InChI=1S/C24H30N2O5S/c1-17-7-8-18(2)22(15-17)25-24(28)19(3)31-23(27)16-20-9-11-21(12-10-20)32(29,30)26-13-5-4-6-14-26/h7-12,15,19H,4-6,13-14,16H2,1-3H3,(H,25,28). The Bertz CT molecular complexity index is 1070. The number of hydrogen-bond acceptors (Lipinski definition) is 5. The normalized spacial score (nSPS) is 15.7. The van der Waals surface area contributed by atoms with Crippen LogP contribution in [0.1, 0.15) is 42.9 Å². The van der Waals surface area contributed by atoms with E-state index in [0.717, 1.165) is 30.4 Å². The van der Waals surface area contributed by atoms with Crippen LogP contribution in [0.3, 0.4) is 0 Å². The summed E-state index contributed by atoms with van der Waals surface area (Å²) in [6.07, 6.45) is 1.79. The summed E-state index contributed by atoms with van der Waals surface area (Å²) < 4.78 is 32.2. The molecular formula is C24H30N2O5S. The molecule has 0 radical (unpaired) electrons. The fourth-order valence-electron chi connectivity index (χ4n) is 3.60. The van der Waals surface area contributed by atoms with E-state index in [9.17, 15) is 18.0 Å². The van der Waals surface area contributed by atoms with Crippen LogP contribution in [0.2, 0.25) is 0 Å². The summed E-state index contributed by atoms with van der Waals surface area (Å²) in [6.45, 7) is 6.42. The lowest BCUT2D eigenvalue weighted by Crippen LogP contribution is -2.35. The Labute approximate surface area is 189 Å². The van der Waals surface area contributed by atoms with Gasteiger partial charge in [0.25, 0.3) is 5.91 Å². The van der Waals surface area contributed by atoms with E-state index in [4.69, 9.17) is 4.74 Å². The monoisotopic (exact) mass is 458 g/mol. The van der Waals surface area contributed by atoms with E-state index in [2.05, 4.69) is 5.32 Å². The second-order valence-electron chi connectivity index (χ2n) is 8.23. The summed E-state index contributed by atoms with van der Waals surface area (Å²) in [5, 5.41) is 2.79. The molecule has 172 valence electrons. The van der Waals surface area contributed by atoms with Crippen LogP contribution < -0.4 is 5.32 Å². The van der Waals surface area contributed by atoms with Crippen molar-refractivity contribution in [3.8, 4) is 0 Å². The number of carbonyl (C=O) groups is 2. The number of rotatable bonds is 7. The average Bonchev–Trinajstić information content (AvgIpc) is 2.77. The lowest BCUT2D eigenvalue weighted by molar-refractivity contribution is -0.152. The van der Waals surface area contributed by atoms with E-state index in [1.807, 2.05) is 32.0 Å². The van der Waals surface area contributed by atoms with Crippen molar-refractivity contribution in [1.29, 1.82) is 0 Å². The summed E-state index contributed by atoms with van der Waals surface area (Å²) in [5.41, 5.74) is 3.24. The minimum absolute atomic E-state index is 0.0505. The first-order valence-corrected chi connectivity index (χ1v) is 12.3. The Morgan fingerprint density at radius 1 is 1.03 bits per heavy atom. The Kier molecular flexibility index (Phi) is 7.69. The molecular weight excluding hydrogens is 428 g/mol. The van der Waals surface area contributed by atoms with E-state index in [1.54, 1.807) is 12.1 Å². The summed E-state index contributed by atoms with van der Waals surface area (Å²) in [4.78, 5) is 24.9. The van der Waals surface area contributed by atoms with Gasteiger partial charge in [0.05, 0.1) is 11.3 Å². The van der Waals surface area contributed by atoms with Crippen molar-refractivity contribution in [2.24, 2.45) is 0 Å². The fraction of sp³-hybridized carbons (Fsp3) is 0.417. The van der Waals surface area contributed by atoms with Crippen LogP contribution in [0.15, 0.2) is 47.4 Å². The van der Waals surface area contributed by atoms with Gasteiger partial charge in [0.15, 0.2) is 6.10 Å². The third-order valence-corrected chi connectivity index (χ3v) is 7.47. The smallest absolute Gasteiger partial charge is 0.311 e. The third kappa shape index (κ3) is 5.95. The van der Waals surface area contributed by atoms with Gasteiger partial charge < -0.3 is 10.1 Å². The van der Waals surface area contributed by atoms with Gasteiger partial charge in [0.2, 0.25) is 10.0 Å². The zero-order valence-electron chi connectivity index (χ0n) is 18.8. The van der Waals surface area contributed by atoms with Gasteiger partial charge in [0.1, 0.15) is 0 Å². The number of piperidine rings is 1. The molecule has 2 aromatic carbocycles. The van der Waals surface area contributed by atoms with Gasteiger partial charge in [-0.05, 0) is 68.5 Å². The predicted molar refractivity (Wildman–Crippen MR) is 123 cm³/mol. The molecule has 1 unspecified atom stereocenters. The van der Waals surface area contributed by atoms with Crippen LogP contribution in [-0.2, 0) is 30.8 Å². The van der Waals surface area contributed by atoms with Crippen LogP contribution in [0.4, 0.5) is 5.69 Å². The minimum atomic E-state index is -3.51. The summed E-state index contributed by atoms with van der Waals surface area (Å²) >= 11 is 0. The lowest BCUT2D eigenvalue weighted by atomic mass is 10.1. The number of amides is 1. The molecule has 1 saturated heterocycles. The van der Waals surface area contributed by atoms with Gasteiger partial charge >= 0.3 is 5.97 Å². The maximum absolute atomic E-state index is 12.7. The van der Waals surface area contributed by atoms with Crippen LogP contribution in [0.5, 0.6) is 0 Å². The largest absolute Gasteiger partial charge is 0.452 e. The molecule has 2 aromatic rings. The van der Waals surface area contributed by atoms with Gasteiger partial charge in [-0.15, -0.1) is 0 Å². The molecule has 32 heavy (non-hydrogen) atoms. The summed E-state index contributed by atoms with van der Waals surface area (Å²) in [6, 6.07) is 12.0. The highest BCUT2D eigenvalue weighted by Crippen LogP contribution is 2.21. The molecule has 1 heterocycles. The number of sulfonamides is 1. The fourth-order valence-corrected chi connectivity index (χ4v) is 5.11. The van der Waals surface area contributed by atoms with Gasteiger partial charge in [0, 0.05) is 18.8 Å². The first-order valence-electron chi connectivity index (χ1n) is 10.8. The van der Waals surface area contributed by atoms with E-state index in [0.29, 0.717) is 24.3 Å². The molecule has 0 aliphatic carbocycles. The quantitative estimate of drug-likeness (QED) is 0.640. The second-order valence-corrected chi connectivity index (χ2v) is 10.2. The number of nitrogens with one attached hydrogen (secondary N) is 1. The maximum atomic E-state index is 12.7. The Morgan fingerprint density at radius 2 is 1.69 bits per heavy atom. The Morgan fingerprint density at radius 3 is 2.34 bits per heavy atom. The number of nitrogens with zero attached hydrogens (tertiary/aromatic N) is 1. The number of ether oxygens (including phenoxy) is 1. The highest BCUT2D eigenvalue weighted by Gasteiger charge is 2.26. The van der Waals surface area contributed by atoms with Crippen molar-refractivity contribution in [2.45, 2.75) is 57.5 Å². The zero-order valence-corrected chi connectivity index (χ0v) is 19.6. The lowest BCUT2D eigenvalue weighted by Gasteiger charge is -2.25. The number of benzene rings is 2. The molecule has 1 aliphatic rings. The Hall–Kier alpha value is -2.71. The van der Waals surface area contributed by atoms with Crippen LogP contribution in [0.25, 0.3) is 0 Å². The molecule has 1 atom stereocenters. The summed E-state index contributed by atoms with van der Waals surface area (Å²) in [5.74, 6) is -0.963. The van der Waals surface area contributed by atoms with Gasteiger partial charge in [-0.25, -0.2) is 8.42 Å². The van der Waals surface area contributed by atoms with Crippen molar-refractivity contribution in [1.82, 2.24) is 4.31 Å². The van der Waals surface area contributed by atoms with E-state index >= 15 is 0 Å². The number of hydrogen-bond donors (Lipinski definition) is 1. The van der Waals surface area contributed by atoms with Gasteiger partial charge in [-0.2, -0.15) is 4.31 Å². The van der Waals surface area contributed by atoms with Crippen molar-refractivity contribution in [2.75, 3.05) is 18.4 Å². The average molecular weight is 459 g/mol. The molecule has 7 nitrogen and oxygen atoms in total. The van der Waals surface area contributed by atoms with Crippen molar-refractivity contribution >= 4 is 27.6 Å². The minimum Gasteiger partial charge on any atom is -0.452 e. The highest BCUT2D eigenvalue weighted by atomic mass is 32.2. The topological polar surface area (TPSA) is 92.8 Å². The molecule has 1 N–H and O–H groups in total. The SMILES string of the molecule is Cc1ccc(C)c(NC(=O)C(C)OC(=O)Cc2ccc(S(=O)(=O)N3CCCCC3)cc2)c1. The summed E-state index contributed by atoms with van der Waals surface area (Å²) in [7, 11) is -3.51. The molecule has 8 heteroatoms. The first kappa shape index (κ1) is 23.9. The molecule has 1 amide bonds. The van der Waals surface area contributed by atoms with Gasteiger partial charge in [-0.1, -0.05) is 30.7 Å². The van der Waals surface area contributed by atoms with E-state index in [-0.39, 0.29) is 11.3 Å². The Balaban J connectivity index is 1.56. The maximum Gasteiger partial charge on any atom is 0.311 e. The van der Waals surface area contributed by atoms with Crippen molar-refractivity contribution < 1.29 is 22.7 Å². The van der Waals surface area contributed by atoms with Crippen molar-refractivity contribution in [3.05, 3.63) is 59.2 Å². The van der Waals surface area contributed by atoms with Crippen LogP contribution in [-0.4, -0.2) is 43.8 Å². The second kappa shape index (κ2) is 10.3. The highest BCUT2D eigenvalue weighted by molar-refractivity contribution is 7.89. The van der Waals surface area contributed by atoms with Crippen LogP contribution >= 0.6 is 0 Å². The van der Waals surface area contributed by atoms with E-state index in [1.165, 1.54) is 23.4 Å². The molecule has 3 rings (SSSR count). The zero-order chi connectivity index (χ0) is 23.3.